The third-order valence-electron chi connectivity index (χ3n) is 3.90. The van der Waals surface area contributed by atoms with Crippen molar-refractivity contribution in [1.29, 1.82) is 0 Å². The van der Waals surface area contributed by atoms with Gasteiger partial charge in [-0.25, -0.2) is 19.0 Å². The summed E-state index contributed by atoms with van der Waals surface area (Å²) in [5.41, 5.74) is 1.53. The topological polar surface area (TPSA) is 86.0 Å². The molecule has 1 aromatic carbocycles. The number of rotatable bonds is 6. The largest absolute Gasteiger partial charge is 0.457 e. The lowest BCUT2D eigenvalue weighted by atomic mass is 10.0. The van der Waals surface area contributed by atoms with Gasteiger partial charge in [0.05, 0.1) is 17.5 Å². The van der Waals surface area contributed by atoms with Crippen LogP contribution in [0, 0.1) is 5.82 Å². The third-order valence-corrected chi connectivity index (χ3v) is 3.90. The summed E-state index contributed by atoms with van der Waals surface area (Å²) in [5, 5.41) is 18.0. The Morgan fingerprint density at radius 3 is 2.62 bits per heavy atom. The normalized spacial score (nSPS) is 11.6. The molecule has 0 radical (unpaired) electrons. The summed E-state index contributed by atoms with van der Waals surface area (Å²) >= 11 is 0. The van der Waals surface area contributed by atoms with Gasteiger partial charge in [0.15, 0.2) is 0 Å². The molecule has 0 aliphatic carbocycles. The molecule has 26 heavy (non-hydrogen) atoms. The van der Waals surface area contributed by atoms with E-state index in [1.165, 1.54) is 18.5 Å². The van der Waals surface area contributed by atoms with E-state index in [1.807, 2.05) is 6.92 Å². The summed E-state index contributed by atoms with van der Waals surface area (Å²) in [6, 6.07) is 4.99. The lowest BCUT2D eigenvalue weighted by Crippen LogP contribution is -2.16. The lowest BCUT2D eigenvalue weighted by Gasteiger charge is -2.16. The molecule has 0 aliphatic heterocycles. The first-order valence-corrected chi connectivity index (χ1v) is 8.24. The van der Waals surface area contributed by atoms with Crippen LogP contribution >= 0.6 is 0 Å². The fraction of sp³-hybridized carbons (Fsp3) is 0.333. The Kier molecular flexibility index (Phi) is 4.94. The first-order valence-electron chi connectivity index (χ1n) is 8.24. The van der Waals surface area contributed by atoms with Crippen molar-refractivity contribution in [3.63, 3.8) is 0 Å². The number of ether oxygens (including phenoxy) is 1. The number of hydrogen-bond donors (Lipinski definition) is 1. The molecular formula is C18H20FN5O2. The van der Waals surface area contributed by atoms with E-state index >= 15 is 0 Å². The van der Waals surface area contributed by atoms with Gasteiger partial charge < -0.3 is 9.84 Å². The Labute approximate surface area is 150 Å². The van der Waals surface area contributed by atoms with Crippen molar-refractivity contribution in [3.05, 3.63) is 59.4 Å². The minimum Gasteiger partial charge on any atom is -0.457 e. The monoisotopic (exact) mass is 357 g/mol. The number of aryl methyl sites for hydroxylation is 1. The zero-order chi connectivity index (χ0) is 18.7. The number of hydrogen-bond acceptors (Lipinski definition) is 6. The molecule has 0 bridgehead atoms. The second-order valence-electron chi connectivity index (χ2n) is 6.39. The maximum absolute atomic E-state index is 13.6. The Morgan fingerprint density at radius 1 is 1.23 bits per heavy atom. The van der Waals surface area contributed by atoms with E-state index in [0.29, 0.717) is 23.2 Å². The van der Waals surface area contributed by atoms with Gasteiger partial charge in [0, 0.05) is 18.0 Å². The molecule has 0 atom stereocenters. The van der Waals surface area contributed by atoms with Crippen molar-refractivity contribution in [1.82, 2.24) is 25.0 Å². The van der Waals surface area contributed by atoms with Crippen LogP contribution < -0.4 is 4.74 Å². The van der Waals surface area contributed by atoms with Gasteiger partial charge in [0.2, 0.25) is 0 Å². The zero-order valence-corrected chi connectivity index (χ0v) is 14.8. The van der Waals surface area contributed by atoms with E-state index in [0.717, 1.165) is 5.69 Å². The minimum absolute atomic E-state index is 0.143. The van der Waals surface area contributed by atoms with E-state index in [2.05, 4.69) is 20.3 Å². The molecule has 136 valence electrons. The summed E-state index contributed by atoms with van der Waals surface area (Å²) in [6.07, 6.45) is 5.34. The van der Waals surface area contributed by atoms with Crippen LogP contribution in [0.25, 0.3) is 5.69 Å². The molecule has 0 amide bonds. The van der Waals surface area contributed by atoms with Crippen LogP contribution in [0.4, 0.5) is 4.39 Å². The Hall–Kier alpha value is -2.87. The van der Waals surface area contributed by atoms with E-state index in [9.17, 15) is 9.50 Å². The predicted molar refractivity (Wildman–Crippen MR) is 92.3 cm³/mol. The van der Waals surface area contributed by atoms with E-state index in [1.54, 1.807) is 36.9 Å². The molecule has 2 aromatic heterocycles. The van der Waals surface area contributed by atoms with Gasteiger partial charge in [0.25, 0.3) is 0 Å². The second-order valence-corrected chi connectivity index (χ2v) is 6.39. The van der Waals surface area contributed by atoms with Gasteiger partial charge in [-0.2, -0.15) is 0 Å². The minimum atomic E-state index is -1.01. The van der Waals surface area contributed by atoms with Crippen LogP contribution in [0.3, 0.4) is 0 Å². The molecule has 7 nitrogen and oxygen atoms in total. The first kappa shape index (κ1) is 17.9. The highest BCUT2D eigenvalue weighted by Gasteiger charge is 2.17. The summed E-state index contributed by atoms with van der Waals surface area (Å²) in [4.78, 5) is 8.14. The van der Waals surface area contributed by atoms with Crippen molar-refractivity contribution in [2.45, 2.75) is 39.4 Å². The molecule has 3 rings (SSSR count). The maximum atomic E-state index is 13.6. The van der Waals surface area contributed by atoms with Crippen molar-refractivity contribution in [2.75, 3.05) is 0 Å². The SMILES string of the molecule is CCc1cc(-n2cc(COc3ncc(C(C)(C)O)cn3)nn2)ccc1F. The summed E-state index contributed by atoms with van der Waals surface area (Å²) < 4.78 is 20.7. The summed E-state index contributed by atoms with van der Waals surface area (Å²) in [6.45, 7) is 5.35. The molecule has 0 fully saturated rings. The van der Waals surface area contributed by atoms with Crippen LogP contribution in [0.15, 0.2) is 36.8 Å². The number of aliphatic hydroxyl groups is 1. The molecular weight excluding hydrogens is 337 g/mol. The summed E-state index contributed by atoms with van der Waals surface area (Å²) in [7, 11) is 0. The molecule has 1 N–H and O–H groups in total. The van der Waals surface area contributed by atoms with Gasteiger partial charge in [-0.05, 0) is 44.0 Å². The average Bonchev–Trinajstić information content (AvgIpc) is 3.09. The Balaban J connectivity index is 1.67. The fourth-order valence-electron chi connectivity index (χ4n) is 2.31. The number of benzene rings is 1. The number of halogens is 1. The number of nitrogens with zero attached hydrogens (tertiary/aromatic N) is 5. The molecule has 3 aromatic rings. The molecule has 0 unspecified atom stereocenters. The maximum Gasteiger partial charge on any atom is 0.316 e. The molecule has 0 aliphatic rings. The zero-order valence-electron chi connectivity index (χ0n) is 14.8. The van der Waals surface area contributed by atoms with E-state index in [4.69, 9.17) is 4.74 Å². The van der Waals surface area contributed by atoms with Crippen LogP contribution in [-0.2, 0) is 18.6 Å². The van der Waals surface area contributed by atoms with Gasteiger partial charge in [-0.3, -0.25) is 0 Å². The fourth-order valence-corrected chi connectivity index (χ4v) is 2.31. The van der Waals surface area contributed by atoms with Gasteiger partial charge >= 0.3 is 6.01 Å². The van der Waals surface area contributed by atoms with Crippen molar-refractivity contribution < 1.29 is 14.2 Å². The van der Waals surface area contributed by atoms with E-state index < -0.39 is 5.60 Å². The van der Waals surface area contributed by atoms with E-state index in [-0.39, 0.29) is 18.4 Å². The van der Waals surface area contributed by atoms with Crippen LogP contribution in [0.5, 0.6) is 6.01 Å². The smallest absolute Gasteiger partial charge is 0.316 e. The highest BCUT2D eigenvalue weighted by molar-refractivity contribution is 5.36. The third kappa shape index (κ3) is 4.02. The van der Waals surface area contributed by atoms with Gasteiger partial charge in [-0.15, -0.1) is 5.10 Å². The van der Waals surface area contributed by atoms with Crippen LogP contribution in [0.1, 0.15) is 37.6 Å². The van der Waals surface area contributed by atoms with Crippen molar-refractivity contribution >= 4 is 0 Å². The second kappa shape index (κ2) is 7.17. The highest BCUT2D eigenvalue weighted by Crippen LogP contribution is 2.19. The standard InChI is InChI=1S/C18H20FN5O2/c1-4-12-7-15(5-6-16(12)19)24-10-14(22-23-24)11-26-17-20-8-13(9-21-17)18(2,3)25/h5-10,25H,4,11H2,1-3H3. The van der Waals surface area contributed by atoms with Gasteiger partial charge in [-0.1, -0.05) is 12.1 Å². The van der Waals surface area contributed by atoms with Crippen molar-refractivity contribution in [3.8, 4) is 11.7 Å². The Morgan fingerprint density at radius 2 is 1.96 bits per heavy atom. The van der Waals surface area contributed by atoms with Crippen molar-refractivity contribution in [2.24, 2.45) is 0 Å². The Bertz CT molecular complexity index is 887. The predicted octanol–water partition coefficient (Wildman–Crippen LogP) is 2.57. The number of aromatic nitrogens is 5. The summed E-state index contributed by atoms with van der Waals surface area (Å²) in [5.74, 6) is -0.230. The van der Waals surface area contributed by atoms with Crippen LogP contribution in [0.2, 0.25) is 0 Å². The molecule has 0 saturated carbocycles. The van der Waals surface area contributed by atoms with Crippen LogP contribution in [-0.4, -0.2) is 30.1 Å². The molecule has 8 heteroatoms. The molecule has 0 spiro atoms. The quantitative estimate of drug-likeness (QED) is 0.730. The first-order chi connectivity index (χ1) is 12.4. The molecule has 0 saturated heterocycles. The van der Waals surface area contributed by atoms with Gasteiger partial charge in [0.1, 0.15) is 18.1 Å². The highest BCUT2D eigenvalue weighted by atomic mass is 19.1. The average molecular weight is 357 g/mol. The lowest BCUT2D eigenvalue weighted by molar-refractivity contribution is 0.0775. The molecule has 2 heterocycles.